The van der Waals surface area contributed by atoms with Gasteiger partial charge in [-0.3, -0.25) is 14.6 Å². The summed E-state index contributed by atoms with van der Waals surface area (Å²) in [6.07, 6.45) is 2.36. The third-order valence-corrected chi connectivity index (χ3v) is 2.69. The highest BCUT2D eigenvalue weighted by atomic mass is 19.1. The predicted molar refractivity (Wildman–Crippen MR) is 54.8 cm³/mol. The maximum Gasteiger partial charge on any atom is 0.207 e. The van der Waals surface area contributed by atoms with Crippen LogP contribution in [0, 0.1) is 0 Å². The molecule has 0 saturated heterocycles. The van der Waals surface area contributed by atoms with Gasteiger partial charge in [0.25, 0.3) is 0 Å². The summed E-state index contributed by atoms with van der Waals surface area (Å²) in [5.41, 5.74) is 1.58. The zero-order valence-electron chi connectivity index (χ0n) is 8.52. The summed E-state index contributed by atoms with van der Waals surface area (Å²) in [7, 11) is 0. The molecule has 84 valence electrons. The molecule has 0 radical (unpaired) electrons. The van der Waals surface area contributed by atoms with E-state index in [1.165, 1.54) is 6.20 Å². The lowest BCUT2D eigenvalue weighted by Crippen LogP contribution is -2.14. The molecule has 1 aromatic heterocycles. The van der Waals surface area contributed by atoms with Crippen molar-refractivity contribution in [2.24, 2.45) is 0 Å². The highest BCUT2D eigenvalue weighted by molar-refractivity contribution is 5.79. The Labute approximate surface area is 91.9 Å². The summed E-state index contributed by atoms with van der Waals surface area (Å²) in [5.74, 6) is -0.182. The van der Waals surface area contributed by atoms with Crippen LogP contribution >= 0.6 is 0 Å². The van der Waals surface area contributed by atoms with Crippen LogP contribution in [0.25, 0.3) is 0 Å². The van der Waals surface area contributed by atoms with Crippen LogP contribution in [0.5, 0.6) is 0 Å². The first kappa shape index (κ1) is 10.7. The summed E-state index contributed by atoms with van der Waals surface area (Å²) in [6.45, 7) is 0.190. The van der Waals surface area contributed by atoms with Crippen LogP contribution in [-0.4, -0.2) is 23.9 Å². The second kappa shape index (κ2) is 4.38. The Hall–Kier alpha value is -1.78. The lowest BCUT2D eigenvalue weighted by atomic mass is 10.0. The van der Waals surface area contributed by atoms with Crippen LogP contribution in [0.15, 0.2) is 12.3 Å². The molecule has 1 aliphatic rings. The largest absolute Gasteiger partial charge is 0.353 e. The van der Waals surface area contributed by atoms with Gasteiger partial charge in [-0.1, -0.05) is 0 Å². The summed E-state index contributed by atoms with van der Waals surface area (Å²) in [4.78, 5) is 25.2. The quantitative estimate of drug-likeness (QED) is 0.755. The van der Waals surface area contributed by atoms with Crippen LogP contribution in [-0.2, 0) is 11.3 Å². The number of nitrogens with one attached hydrogen (secondary N) is 1. The standard InChI is InChI=1S/C11H11FN2O2/c12-10-3-8(10)7-1-2-14-11(4-13-6-16)9(7)5-15/h1-2,5-6,8,10H,3-4H2,(H,13,16)/t8-,10-/m0/s1. The van der Waals surface area contributed by atoms with Gasteiger partial charge >= 0.3 is 0 Å². The van der Waals surface area contributed by atoms with Crippen molar-refractivity contribution in [2.45, 2.75) is 25.1 Å². The fourth-order valence-corrected chi connectivity index (χ4v) is 1.76. The molecular formula is C11H11FN2O2. The molecular weight excluding hydrogens is 211 g/mol. The van der Waals surface area contributed by atoms with E-state index in [-0.39, 0.29) is 12.5 Å². The van der Waals surface area contributed by atoms with Crippen molar-refractivity contribution in [1.82, 2.24) is 10.3 Å². The molecule has 1 heterocycles. The van der Waals surface area contributed by atoms with Gasteiger partial charge in [0.05, 0.1) is 12.2 Å². The van der Waals surface area contributed by atoms with Gasteiger partial charge in [0, 0.05) is 17.7 Å². The summed E-state index contributed by atoms with van der Waals surface area (Å²) in [5, 5.41) is 2.44. The molecule has 0 spiro atoms. The predicted octanol–water partition coefficient (Wildman–Crippen LogP) is 0.965. The fourth-order valence-electron chi connectivity index (χ4n) is 1.76. The van der Waals surface area contributed by atoms with Gasteiger partial charge in [0.2, 0.25) is 6.41 Å². The molecule has 0 bridgehead atoms. The second-order valence-corrected chi connectivity index (χ2v) is 3.74. The van der Waals surface area contributed by atoms with E-state index >= 15 is 0 Å². The van der Waals surface area contributed by atoms with Gasteiger partial charge in [-0.25, -0.2) is 4.39 Å². The Kier molecular flexibility index (Phi) is 2.94. The number of hydrogen-bond donors (Lipinski definition) is 1. The number of aldehydes is 1. The van der Waals surface area contributed by atoms with Crippen LogP contribution in [0.4, 0.5) is 4.39 Å². The van der Waals surface area contributed by atoms with Crippen molar-refractivity contribution < 1.29 is 14.0 Å². The zero-order chi connectivity index (χ0) is 11.5. The normalized spacial score (nSPS) is 22.6. The maximum atomic E-state index is 13.0. The smallest absolute Gasteiger partial charge is 0.207 e. The molecule has 2 atom stereocenters. The number of aromatic nitrogens is 1. The number of halogens is 1. The molecule has 1 amide bonds. The number of rotatable bonds is 5. The van der Waals surface area contributed by atoms with Crippen molar-refractivity contribution in [3.8, 4) is 0 Å². The zero-order valence-corrected chi connectivity index (χ0v) is 8.52. The summed E-state index contributed by atoms with van der Waals surface area (Å²) >= 11 is 0. The highest BCUT2D eigenvalue weighted by Crippen LogP contribution is 2.44. The number of carbonyl (C=O) groups excluding carboxylic acids is 2. The van der Waals surface area contributed by atoms with Crippen LogP contribution < -0.4 is 5.32 Å². The molecule has 16 heavy (non-hydrogen) atoms. The van der Waals surface area contributed by atoms with Gasteiger partial charge in [-0.2, -0.15) is 0 Å². The van der Waals surface area contributed by atoms with Gasteiger partial charge in [-0.05, 0) is 18.1 Å². The van der Waals surface area contributed by atoms with Crippen molar-refractivity contribution >= 4 is 12.7 Å². The molecule has 1 N–H and O–H groups in total. The maximum absolute atomic E-state index is 13.0. The van der Waals surface area contributed by atoms with E-state index in [1.54, 1.807) is 6.07 Å². The van der Waals surface area contributed by atoms with Gasteiger partial charge in [-0.15, -0.1) is 0 Å². The van der Waals surface area contributed by atoms with Crippen molar-refractivity contribution in [3.05, 3.63) is 29.1 Å². The molecule has 2 rings (SSSR count). The Balaban J connectivity index is 2.30. The topological polar surface area (TPSA) is 59.1 Å². The average molecular weight is 222 g/mol. The monoisotopic (exact) mass is 222 g/mol. The summed E-state index contributed by atoms with van der Waals surface area (Å²) in [6, 6.07) is 1.67. The number of pyridine rings is 1. The van der Waals surface area contributed by atoms with Crippen LogP contribution in [0.1, 0.15) is 34.0 Å². The van der Waals surface area contributed by atoms with E-state index in [0.717, 1.165) is 0 Å². The Morgan fingerprint density at radius 2 is 2.31 bits per heavy atom. The molecule has 5 heteroatoms. The third kappa shape index (κ3) is 1.93. The Morgan fingerprint density at radius 1 is 1.56 bits per heavy atom. The van der Waals surface area contributed by atoms with Gasteiger partial charge in [0.1, 0.15) is 6.17 Å². The van der Waals surface area contributed by atoms with Gasteiger partial charge < -0.3 is 5.32 Å². The van der Waals surface area contributed by atoms with Crippen LogP contribution in [0.3, 0.4) is 0 Å². The fraction of sp³-hybridized carbons (Fsp3) is 0.364. The number of alkyl halides is 1. The van der Waals surface area contributed by atoms with E-state index in [4.69, 9.17) is 0 Å². The minimum absolute atomic E-state index is 0.182. The first-order chi connectivity index (χ1) is 7.77. The first-order valence-corrected chi connectivity index (χ1v) is 5.02. The van der Waals surface area contributed by atoms with E-state index in [1.807, 2.05) is 0 Å². The number of amides is 1. The summed E-state index contributed by atoms with van der Waals surface area (Å²) < 4.78 is 13.0. The lowest BCUT2D eigenvalue weighted by molar-refractivity contribution is -0.109. The van der Waals surface area contributed by atoms with Crippen molar-refractivity contribution in [2.75, 3.05) is 0 Å². The molecule has 4 nitrogen and oxygen atoms in total. The van der Waals surface area contributed by atoms with E-state index < -0.39 is 6.17 Å². The van der Waals surface area contributed by atoms with Crippen molar-refractivity contribution in [3.63, 3.8) is 0 Å². The third-order valence-electron chi connectivity index (χ3n) is 2.69. The lowest BCUT2D eigenvalue weighted by Gasteiger charge is -2.07. The second-order valence-electron chi connectivity index (χ2n) is 3.74. The minimum Gasteiger partial charge on any atom is -0.353 e. The van der Waals surface area contributed by atoms with Gasteiger partial charge in [0.15, 0.2) is 6.29 Å². The highest BCUT2D eigenvalue weighted by Gasteiger charge is 2.40. The number of carbonyl (C=O) groups is 2. The van der Waals surface area contributed by atoms with E-state index in [9.17, 15) is 14.0 Å². The molecule has 0 aromatic carbocycles. The number of nitrogens with zero attached hydrogens (tertiary/aromatic N) is 1. The Morgan fingerprint density at radius 3 is 2.88 bits per heavy atom. The minimum atomic E-state index is -0.854. The Bertz CT molecular complexity index is 422. The SMILES string of the molecule is O=CNCc1nccc([C@@H]2C[C@@H]2F)c1C=O. The average Bonchev–Trinajstić information content (AvgIpc) is 3.03. The molecule has 1 saturated carbocycles. The molecule has 0 aliphatic heterocycles. The molecule has 0 unspecified atom stereocenters. The molecule has 1 aliphatic carbocycles. The molecule has 1 aromatic rings. The first-order valence-electron chi connectivity index (χ1n) is 5.02. The number of hydrogen-bond acceptors (Lipinski definition) is 3. The van der Waals surface area contributed by atoms with Crippen LogP contribution in [0.2, 0.25) is 0 Å². The molecule has 1 fully saturated rings. The van der Waals surface area contributed by atoms with E-state index in [2.05, 4.69) is 10.3 Å². The van der Waals surface area contributed by atoms with Crippen molar-refractivity contribution in [1.29, 1.82) is 0 Å². The van der Waals surface area contributed by atoms with E-state index in [0.29, 0.717) is 35.9 Å².